The van der Waals surface area contributed by atoms with Crippen molar-refractivity contribution in [3.63, 3.8) is 0 Å². The van der Waals surface area contributed by atoms with Crippen LogP contribution in [0.4, 0.5) is 26.3 Å². The Morgan fingerprint density at radius 1 is 0.818 bits per heavy atom. The summed E-state index contributed by atoms with van der Waals surface area (Å²) in [6.45, 7) is 0.687. The minimum atomic E-state index is -4.95. The van der Waals surface area contributed by atoms with Crippen LogP contribution in [0.2, 0.25) is 0 Å². The minimum absolute atomic E-state index is 0.0208. The summed E-state index contributed by atoms with van der Waals surface area (Å²) in [6, 6.07) is 0.978. The van der Waals surface area contributed by atoms with Gasteiger partial charge in [0.2, 0.25) is 0 Å². The Morgan fingerprint density at radius 3 is 1.68 bits per heavy atom. The van der Waals surface area contributed by atoms with Crippen molar-refractivity contribution in [2.24, 2.45) is 0 Å². The van der Waals surface area contributed by atoms with E-state index in [0.717, 1.165) is 6.42 Å². The predicted octanol–water partition coefficient (Wildman–Crippen LogP) is 4.35. The van der Waals surface area contributed by atoms with Gasteiger partial charge in [0, 0.05) is 18.7 Å². The van der Waals surface area contributed by atoms with Crippen molar-refractivity contribution in [3.8, 4) is 0 Å². The van der Waals surface area contributed by atoms with Crippen molar-refractivity contribution in [3.05, 3.63) is 34.9 Å². The Morgan fingerprint density at radius 2 is 1.27 bits per heavy atom. The number of likely N-dealkylation sites (tertiary alicyclic amines) is 1. The van der Waals surface area contributed by atoms with Gasteiger partial charge in [0.25, 0.3) is 5.91 Å². The molecule has 0 aliphatic carbocycles. The van der Waals surface area contributed by atoms with E-state index in [9.17, 15) is 31.1 Å². The van der Waals surface area contributed by atoms with Crippen LogP contribution in [0.1, 0.15) is 40.7 Å². The summed E-state index contributed by atoms with van der Waals surface area (Å²) in [5, 5.41) is 0. The standard InChI is InChI=1S/C14H13F6NO/c15-13(16,17)10-6-9(7-11(8-10)14(18,19)20)12(22)21-4-2-1-3-5-21/h6-8H,1-5H2. The molecular weight excluding hydrogens is 312 g/mol. The molecule has 2 nitrogen and oxygen atoms in total. The average molecular weight is 325 g/mol. The third-order valence-corrected chi connectivity index (χ3v) is 3.48. The molecule has 0 saturated carbocycles. The van der Waals surface area contributed by atoms with E-state index in [2.05, 4.69) is 0 Å². The van der Waals surface area contributed by atoms with Crippen LogP contribution in [0.3, 0.4) is 0 Å². The fourth-order valence-electron chi connectivity index (χ4n) is 2.36. The second kappa shape index (κ2) is 5.81. The number of carbonyl (C=O) groups is 1. The van der Waals surface area contributed by atoms with Crippen LogP contribution in [0.15, 0.2) is 18.2 Å². The van der Waals surface area contributed by atoms with Crippen LogP contribution in [-0.2, 0) is 12.4 Å². The van der Waals surface area contributed by atoms with E-state index in [1.54, 1.807) is 0 Å². The number of benzene rings is 1. The fourth-order valence-corrected chi connectivity index (χ4v) is 2.36. The average Bonchev–Trinajstić information content (AvgIpc) is 2.45. The number of rotatable bonds is 1. The largest absolute Gasteiger partial charge is 0.416 e. The maximum atomic E-state index is 12.7. The van der Waals surface area contributed by atoms with E-state index >= 15 is 0 Å². The summed E-state index contributed by atoms with van der Waals surface area (Å²) < 4.78 is 76.5. The zero-order valence-corrected chi connectivity index (χ0v) is 11.4. The number of hydrogen-bond acceptors (Lipinski definition) is 1. The molecule has 1 amide bonds. The number of halogens is 6. The second-order valence-corrected chi connectivity index (χ2v) is 5.15. The molecule has 22 heavy (non-hydrogen) atoms. The number of hydrogen-bond donors (Lipinski definition) is 0. The van der Waals surface area contributed by atoms with Gasteiger partial charge in [0.15, 0.2) is 0 Å². The summed E-state index contributed by atoms with van der Waals surface area (Å²) in [4.78, 5) is 13.4. The van der Waals surface area contributed by atoms with E-state index < -0.39 is 35.0 Å². The van der Waals surface area contributed by atoms with E-state index in [0.29, 0.717) is 38.1 Å². The molecule has 1 aliphatic rings. The maximum absolute atomic E-state index is 12.7. The van der Waals surface area contributed by atoms with Crippen molar-refractivity contribution in [1.82, 2.24) is 4.90 Å². The van der Waals surface area contributed by atoms with Crippen LogP contribution in [0.5, 0.6) is 0 Å². The summed E-state index contributed by atoms with van der Waals surface area (Å²) in [6.07, 6.45) is -7.62. The lowest BCUT2D eigenvalue weighted by Gasteiger charge is -2.27. The molecule has 0 unspecified atom stereocenters. The fraction of sp³-hybridized carbons (Fsp3) is 0.500. The Balaban J connectivity index is 2.43. The number of amides is 1. The van der Waals surface area contributed by atoms with Crippen LogP contribution < -0.4 is 0 Å². The lowest BCUT2D eigenvalue weighted by atomic mass is 10.0. The predicted molar refractivity (Wildman–Crippen MR) is 66.2 cm³/mol. The van der Waals surface area contributed by atoms with Crippen LogP contribution >= 0.6 is 0 Å². The van der Waals surface area contributed by atoms with Crippen LogP contribution in [0, 0.1) is 0 Å². The summed E-state index contributed by atoms with van der Waals surface area (Å²) >= 11 is 0. The SMILES string of the molecule is O=C(c1cc(C(F)(F)F)cc(C(F)(F)F)c1)N1CCCCC1. The number of carbonyl (C=O) groups excluding carboxylic acids is 1. The molecule has 1 aromatic rings. The molecule has 1 aliphatic heterocycles. The van der Waals surface area contributed by atoms with Gasteiger partial charge in [-0.1, -0.05) is 0 Å². The molecule has 8 heteroatoms. The van der Waals surface area contributed by atoms with Gasteiger partial charge in [-0.25, -0.2) is 0 Å². The summed E-state index contributed by atoms with van der Waals surface area (Å²) in [7, 11) is 0. The van der Waals surface area contributed by atoms with Crippen LogP contribution in [-0.4, -0.2) is 23.9 Å². The smallest absolute Gasteiger partial charge is 0.339 e. The molecule has 122 valence electrons. The maximum Gasteiger partial charge on any atom is 0.416 e. The van der Waals surface area contributed by atoms with Gasteiger partial charge in [-0.3, -0.25) is 4.79 Å². The molecule has 0 bridgehead atoms. The molecule has 2 rings (SSSR count). The lowest BCUT2D eigenvalue weighted by Crippen LogP contribution is -2.35. The highest BCUT2D eigenvalue weighted by Crippen LogP contribution is 2.36. The molecule has 0 spiro atoms. The highest BCUT2D eigenvalue weighted by atomic mass is 19.4. The third kappa shape index (κ3) is 3.72. The topological polar surface area (TPSA) is 20.3 Å². The van der Waals surface area contributed by atoms with E-state index in [1.165, 1.54) is 4.90 Å². The number of alkyl halides is 6. The highest BCUT2D eigenvalue weighted by Gasteiger charge is 2.37. The first-order valence-electron chi connectivity index (χ1n) is 6.68. The van der Waals surface area contributed by atoms with Gasteiger partial charge in [0.05, 0.1) is 11.1 Å². The van der Waals surface area contributed by atoms with E-state index in [-0.39, 0.29) is 6.07 Å². The van der Waals surface area contributed by atoms with Gasteiger partial charge in [-0.05, 0) is 37.5 Å². The first-order valence-corrected chi connectivity index (χ1v) is 6.68. The Bertz CT molecular complexity index is 525. The molecule has 1 saturated heterocycles. The van der Waals surface area contributed by atoms with Gasteiger partial charge in [-0.15, -0.1) is 0 Å². The summed E-state index contributed by atoms with van der Waals surface area (Å²) in [5.41, 5.74) is -3.52. The van der Waals surface area contributed by atoms with Crippen molar-refractivity contribution in [2.45, 2.75) is 31.6 Å². The van der Waals surface area contributed by atoms with Crippen molar-refractivity contribution in [1.29, 1.82) is 0 Å². The Hall–Kier alpha value is -1.73. The number of piperidine rings is 1. The molecule has 0 atom stereocenters. The monoisotopic (exact) mass is 325 g/mol. The van der Waals surface area contributed by atoms with Crippen molar-refractivity contribution >= 4 is 5.91 Å². The Kier molecular flexibility index (Phi) is 4.39. The van der Waals surface area contributed by atoms with E-state index in [4.69, 9.17) is 0 Å². The Labute approximate surface area is 122 Å². The van der Waals surface area contributed by atoms with Crippen molar-refractivity contribution in [2.75, 3.05) is 13.1 Å². The number of nitrogens with zero attached hydrogens (tertiary/aromatic N) is 1. The highest BCUT2D eigenvalue weighted by molar-refractivity contribution is 5.94. The van der Waals surface area contributed by atoms with E-state index in [1.807, 2.05) is 0 Å². The molecular formula is C14H13F6NO. The summed E-state index contributed by atoms with van der Waals surface area (Å²) in [5.74, 6) is -0.795. The molecule has 1 aromatic carbocycles. The zero-order chi connectivity index (χ0) is 16.5. The molecule has 0 aromatic heterocycles. The minimum Gasteiger partial charge on any atom is -0.339 e. The molecule has 1 fully saturated rings. The van der Waals surface area contributed by atoms with Crippen LogP contribution in [0.25, 0.3) is 0 Å². The lowest BCUT2D eigenvalue weighted by molar-refractivity contribution is -0.143. The zero-order valence-electron chi connectivity index (χ0n) is 11.4. The quantitative estimate of drug-likeness (QED) is 0.703. The third-order valence-electron chi connectivity index (χ3n) is 3.48. The van der Waals surface area contributed by atoms with Gasteiger partial charge in [-0.2, -0.15) is 26.3 Å². The van der Waals surface area contributed by atoms with Gasteiger partial charge in [0.1, 0.15) is 0 Å². The molecule has 1 heterocycles. The van der Waals surface area contributed by atoms with Gasteiger partial charge < -0.3 is 4.90 Å². The first-order chi connectivity index (χ1) is 10.1. The second-order valence-electron chi connectivity index (χ2n) is 5.15. The normalized spacial score (nSPS) is 16.7. The molecule has 0 radical (unpaired) electrons. The molecule has 0 N–H and O–H groups in total. The van der Waals surface area contributed by atoms with Gasteiger partial charge >= 0.3 is 12.4 Å². The van der Waals surface area contributed by atoms with Crippen molar-refractivity contribution < 1.29 is 31.1 Å². The first kappa shape index (κ1) is 16.6.